The molecule has 4 atom stereocenters. The fourth-order valence-electron chi connectivity index (χ4n) is 1.36. The van der Waals surface area contributed by atoms with Gasteiger partial charge in [0.2, 0.25) is 0 Å². The Bertz CT molecular complexity index is 220. The second-order valence-corrected chi connectivity index (χ2v) is 4.02. The predicted octanol–water partition coefficient (Wildman–Crippen LogP) is -0.959. The normalized spacial score (nSPS) is 18.2. The Labute approximate surface area is 101 Å². The topological polar surface area (TPSA) is 107 Å². The highest BCUT2D eigenvalue weighted by atomic mass is 16.6. The molecule has 0 bridgehead atoms. The highest BCUT2D eigenvalue weighted by molar-refractivity contribution is 5.74. The SMILES string of the molecule is CCC(O)C(=O)O[C@@H](CCO)[C@H](C)[C@@H](O)CO. The van der Waals surface area contributed by atoms with Crippen LogP contribution in [0.3, 0.4) is 0 Å². The van der Waals surface area contributed by atoms with Crippen molar-refractivity contribution in [1.82, 2.24) is 0 Å². The van der Waals surface area contributed by atoms with E-state index in [1.165, 1.54) is 0 Å². The molecule has 0 amide bonds. The van der Waals surface area contributed by atoms with Gasteiger partial charge in [0.05, 0.1) is 12.7 Å². The number of carbonyl (C=O) groups excluding carboxylic acids is 1. The second-order valence-electron chi connectivity index (χ2n) is 4.02. The molecule has 0 radical (unpaired) electrons. The number of rotatable bonds is 8. The first-order chi connectivity index (χ1) is 7.97. The van der Waals surface area contributed by atoms with E-state index in [9.17, 15) is 15.0 Å². The lowest BCUT2D eigenvalue weighted by Gasteiger charge is -2.27. The molecule has 0 aliphatic carbocycles. The van der Waals surface area contributed by atoms with E-state index < -0.39 is 36.8 Å². The minimum absolute atomic E-state index is 0.153. The number of ether oxygens (including phenoxy) is 1. The number of aliphatic hydroxyl groups is 4. The molecule has 0 aliphatic heterocycles. The van der Waals surface area contributed by atoms with Crippen LogP contribution in [-0.4, -0.2) is 57.9 Å². The van der Waals surface area contributed by atoms with Crippen LogP contribution in [0.4, 0.5) is 0 Å². The van der Waals surface area contributed by atoms with Crippen LogP contribution in [-0.2, 0) is 9.53 Å². The Morgan fingerprint density at radius 3 is 2.29 bits per heavy atom. The summed E-state index contributed by atoms with van der Waals surface area (Å²) in [5, 5.41) is 36.4. The van der Waals surface area contributed by atoms with Crippen LogP contribution < -0.4 is 0 Å². The molecule has 6 nitrogen and oxygen atoms in total. The molecule has 0 spiro atoms. The number of hydrogen-bond acceptors (Lipinski definition) is 6. The van der Waals surface area contributed by atoms with E-state index in [0.29, 0.717) is 0 Å². The summed E-state index contributed by atoms with van der Waals surface area (Å²) in [6, 6.07) is 0. The zero-order valence-corrected chi connectivity index (χ0v) is 10.2. The van der Waals surface area contributed by atoms with Gasteiger partial charge in [-0.05, 0) is 6.42 Å². The zero-order valence-electron chi connectivity index (χ0n) is 10.2. The van der Waals surface area contributed by atoms with Crippen LogP contribution >= 0.6 is 0 Å². The molecule has 0 aromatic rings. The van der Waals surface area contributed by atoms with Gasteiger partial charge in [-0.2, -0.15) is 0 Å². The fourth-order valence-corrected chi connectivity index (χ4v) is 1.36. The smallest absolute Gasteiger partial charge is 0.335 e. The second kappa shape index (κ2) is 8.41. The van der Waals surface area contributed by atoms with Crippen LogP contribution in [0, 0.1) is 5.92 Å². The van der Waals surface area contributed by atoms with E-state index in [4.69, 9.17) is 14.9 Å². The molecule has 0 saturated carbocycles. The molecular weight excluding hydrogens is 228 g/mol. The number of hydrogen-bond donors (Lipinski definition) is 4. The molecule has 0 fully saturated rings. The number of carbonyl (C=O) groups is 1. The average Bonchev–Trinajstić information content (AvgIpc) is 2.35. The lowest BCUT2D eigenvalue weighted by atomic mass is 9.96. The van der Waals surface area contributed by atoms with Crippen molar-refractivity contribution in [2.45, 2.75) is 45.0 Å². The maximum absolute atomic E-state index is 11.4. The lowest BCUT2D eigenvalue weighted by molar-refractivity contribution is -0.165. The molecule has 1 unspecified atom stereocenters. The molecule has 6 heteroatoms. The van der Waals surface area contributed by atoms with Crippen molar-refractivity contribution in [3.05, 3.63) is 0 Å². The summed E-state index contributed by atoms with van der Waals surface area (Å²) in [5.41, 5.74) is 0. The summed E-state index contributed by atoms with van der Waals surface area (Å²) in [5.74, 6) is -1.29. The summed E-state index contributed by atoms with van der Waals surface area (Å²) < 4.78 is 5.01. The van der Waals surface area contributed by atoms with E-state index >= 15 is 0 Å². The molecule has 4 N–H and O–H groups in total. The van der Waals surface area contributed by atoms with Crippen LogP contribution in [0.15, 0.2) is 0 Å². The minimum atomic E-state index is -1.20. The first kappa shape index (κ1) is 16.3. The molecular formula is C11H22O6. The van der Waals surface area contributed by atoms with E-state index in [-0.39, 0.29) is 19.4 Å². The van der Waals surface area contributed by atoms with Gasteiger partial charge in [-0.15, -0.1) is 0 Å². The number of esters is 1. The summed E-state index contributed by atoms with van der Waals surface area (Å²) in [6.07, 6.45) is -2.56. The van der Waals surface area contributed by atoms with Crippen molar-refractivity contribution in [3.63, 3.8) is 0 Å². The monoisotopic (exact) mass is 250 g/mol. The number of aliphatic hydroxyl groups excluding tert-OH is 4. The van der Waals surface area contributed by atoms with Crippen molar-refractivity contribution in [2.75, 3.05) is 13.2 Å². The van der Waals surface area contributed by atoms with Gasteiger partial charge in [-0.1, -0.05) is 13.8 Å². The summed E-state index contributed by atoms with van der Waals surface area (Å²) in [6.45, 7) is 2.59. The Morgan fingerprint density at radius 2 is 1.88 bits per heavy atom. The first-order valence-electron chi connectivity index (χ1n) is 5.76. The van der Waals surface area contributed by atoms with Crippen LogP contribution in [0.2, 0.25) is 0 Å². The molecule has 0 aliphatic rings. The Morgan fingerprint density at radius 1 is 1.29 bits per heavy atom. The van der Waals surface area contributed by atoms with Gasteiger partial charge in [0, 0.05) is 18.9 Å². The maximum atomic E-state index is 11.4. The maximum Gasteiger partial charge on any atom is 0.335 e. The highest BCUT2D eigenvalue weighted by Crippen LogP contribution is 2.16. The minimum Gasteiger partial charge on any atom is -0.460 e. The lowest BCUT2D eigenvalue weighted by Crippen LogP contribution is -2.38. The molecule has 0 aromatic carbocycles. The highest BCUT2D eigenvalue weighted by Gasteiger charge is 2.28. The van der Waals surface area contributed by atoms with Crippen molar-refractivity contribution in [1.29, 1.82) is 0 Å². The van der Waals surface area contributed by atoms with Crippen molar-refractivity contribution < 1.29 is 30.0 Å². The third-order valence-corrected chi connectivity index (χ3v) is 2.72. The molecule has 17 heavy (non-hydrogen) atoms. The van der Waals surface area contributed by atoms with Gasteiger partial charge in [0.25, 0.3) is 0 Å². The summed E-state index contributed by atoms with van der Waals surface area (Å²) in [7, 11) is 0. The van der Waals surface area contributed by atoms with Crippen LogP contribution in [0.25, 0.3) is 0 Å². The molecule has 102 valence electrons. The molecule has 0 aromatic heterocycles. The quantitative estimate of drug-likeness (QED) is 0.413. The van der Waals surface area contributed by atoms with E-state index in [2.05, 4.69) is 0 Å². The fraction of sp³-hybridized carbons (Fsp3) is 0.909. The van der Waals surface area contributed by atoms with Crippen molar-refractivity contribution in [3.8, 4) is 0 Å². The van der Waals surface area contributed by atoms with Crippen LogP contribution in [0.5, 0.6) is 0 Å². The Balaban J connectivity index is 4.47. The largest absolute Gasteiger partial charge is 0.460 e. The van der Waals surface area contributed by atoms with E-state index in [0.717, 1.165) is 0 Å². The summed E-state index contributed by atoms with van der Waals surface area (Å²) >= 11 is 0. The third kappa shape index (κ3) is 5.45. The molecule has 0 heterocycles. The van der Waals surface area contributed by atoms with Crippen molar-refractivity contribution >= 4 is 5.97 Å². The molecule has 0 saturated heterocycles. The average molecular weight is 250 g/mol. The van der Waals surface area contributed by atoms with Crippen molar-refractivity contribution in [2.24, 2.45) is 5.92 Å². The first-order valence-corrected chi connectivity index (χ1v) is 5.76. The molecule has 0 rings (SSSR count). The predicted molar refractivity (Wildman–Crippen MR) is 60.1 cm³/mol. The Hall–Kier alpha value is -0.690. The van der Waals surface area contributed by atoms with Gasteiger partial charge >= 0.3 is 5.97 Å². The van der Waals surface area contributed by atoms with Gasteiger partial charge in [-0.25, -0.2) is 4.79 Å². The van der Waals surface area contributed by atoms with E-state index in [1.54, 1.807) is 13.8 Å². The van der Waals surface area contributed by atoms with Crippen LogP contribution in [0.1, 0.15) is 26.7 Å². The zero-order chi connectivity index (χ0) is 13.4. The van der Waals surface area contributed by atoms with Gasteiger partial charge in [0.1, 0.15) is 6.10 Å². The Kier molecular flexibility index (Phi) is 8.07. The van der Waals surface area contributed by atoms with Gasteiger partial charge in [-0.3, -0.25) is 0 Å². The standard InChI is InChI=1S/C11H22O6/c1-3-8(14)11(16)17-10(4-5-12)7(2)9(15)6-13/h7-10,12-15H,3-6H2,1-2H3/t7-,8?,9+,10+/m1/s1. The third-order valence-electron chi connectivity index (χ3n) is 2.72. The van der Waals surface area contributed by atoms with Gasteiger partial charge < -0.3 is 25.2 Å². The summed E-state index contributed by atoms with van der Waals surface area (Å²) in [4.78, 5) is 11.4. The van der Waals surface area contributed by atoms with E-state index in [1.807, 2.05) is 0 Å². The van der Waals surface area contributed by atoms with Gasteiger partial charge in [0.15, 0.2) is 6.10 Å².